The summed E-state index contributed by atoms with van der Waals surface area (Å²) in [6, 6.07) is 11.2. The van der Waals surface area contributed by atoms with Crippen molar-refractivity contribution in [1.29, 1.82) is 0 Å². The third-order valence-corrected chi connectivity index (χ3v) is 6.02. The number of piperidine rings is 1. The molecule has 2 aliphatic heterocycles. The van der Waals surface area contributed by atoms with Crippen molar-refractivity contribution in [2.75, 3.05) is 43.0 Å². The normalized spacial score (nSPS) is 16.9. The van der Waals surface area contributed by atoms with Crippen LogP contribution in [0.5, 0.6) is 5.75 Å². The lowest BCUT2D eigenvalue weighted by Gasteiger charge is -2.32. The molecule has 0 unspecified atom stereocenters. The standard InChI is InChI=1S/C24H30N4O3/c1-2-31-21-8-4-3-7-20(21)26-23(29)18-10-15-27(16-11-18)22-17-19(9-12-25-22)24(30)28-13-5-6-14-28/h3-4,7-9,12,17-18H,2,5-6,10-11,13-16H2,1H3,(H,26,29). The van der Waals surface area contributed by atoms with Crippen LogP contribution in [0.25, 0.3) is 0 Å². The van der Waals surface area contributed by atoms with E-state index in [1.165, 1.54) is 0 Å². The van der Waals surface area contributed by atoms with Gasteiger partial charge in [0.15, 0.2) is 0 Å². The molecule has 7 heteroatoms. The minimum Gasteiger partial charge on any atom is -0.492 e. The van der Waals surface area contributed by atoms with E-state index in [1.807, 2.05) is 42.2 Å². The SMILES string of the molecule is CCOc1ccccc1NC(=O)C1CCN(c2cc(C(=O)N3CCCC3)ccn2)CC1. The van der Waals surface area contributed by atoms with Crippen molar-refractivity contribution < 1.29 is 14.3 Å². The van der Waals surface area contributed by atoms with Gasteiger partial charge in [0.05, 0.1) is 12.3 Å². The largest absolute Gasteiger partial charge is 0.492 e. The lowest BCUT2D eigenvalue weighted by Crippen LogP contribution is -2.38. The molecule has 7 nitrogen and oxygen atoms in total. The number of benzene rings is 1. The van der Waals surface area contributed by atoms with Gasteiger partial charge in [-0.25, -0.2) is 4.98 Å². The summed E-state index contributed by atoms with van der Waals surface area (Å²) in [7, 11) is 0. The van der Waals surface area contributed by atoms with Gasteiger partial charge in [-0.3, -0.25) is 9.59 Å². The number of hydrogen-bond donors (Lipinski definition) is 1. The number of nitrogens with one attached hydrogen (secondary N) is 1. The predicted octanol–water partition coefficient (Wildman–Crippen LogP) is 3.57. The van der Waals surface area contributed by atoms with Gasteiger partial charge in [-0.2, -0.15) is 0 Å². The molecule has 0 spiro atoms. The first kappa shape index (κ1) is 21.2. The van der Waals surface area contributed by atoms with Crippen molar-refractivity contribution in [3.05, 3.63) is 48.2 Å². The molecule has 0 saturated carbocycles. The highest BCUT2D eigenvalue weighted by Gasteiger charge is 2.27. The quantitative estimate of drug-likeness (QED) is 0.770. The number of amides is 2. The van der Waals surface area contributed by atoms with E-state index in [4.69, 9.17) is 4.74 Å². The fourth-order valence-corrected chi connectivity index (χ4v) is 4.28. The number of hydrogen-bond acceptors (Lipinski definition) is 5. The van der Waals surface area contributed by atoms with Crippen molar-refractivity contribution >= 4 is 23.3 Å². The van der Waals surface area contributed by atoms with Crippen molar-refractivity contribution in [1.82, 2.24) is 9.88 Å². The Labute approximate surface area is 183 Å². The van der Waals surface area contributed by atoms with Gasteiger partial charge in [0.25, 0.3) is 5.91 Å². The third kappa shape index (κ3) is 4.98. The molecule has 31 heavy (non-hydrogen) atoms. The number of rotatable bonds is 6. The number of likely N-dealkylation sites (tertiary alicyclic amines) is 1. The summed E-state index contributed by atoms with van der Waals surface area (Å²) in [5.74, 6) is 1.56. The molecule has 4 rings (SSSR count). The summed E-state index contributed by atoms with van der Waals surface area (Å²) in [5, 5.41) is 3.03. The van der Waals surface area contributed by atoms with E-state index in [0.717, 1.165) is 57.7 Å². The average Bonchev–Trinajstić information content (AvgIpc) is 3.35. The van der Waals surface area contributed by atoms with Gasteiger partial charge in [-0.1, -0.05) is 12.1 Å². The second-order valence-corrected chi connectivity index (χ2v) is 8.08. The average molecular weight is 423 g/mol. The Morgan fingerprint density at radius 3 is 2.58 bits per heavy atom. The molecule has 2 saturated heterocycles. The first-order chi connectivity index (χ1) is 15.2. The first-order valence-corrected chi connectivity index (χ1v) is 11.2. The topological polar surface area (TPSA) is 74.8 Å². The summed E-state index contributed by atoms with van der Waals surface area (Å²) in [4.78, 5) is 34.1. The maximum Gasteiger partial charge on any atom is 0.254 e. The molecule has 0 aliphatic carbocycles. The van der Waals surface area contributed by atoms with Crippen LogP contribution in [0.15, 0.2) is 42.6 Å². The van der Waals surface area contributed by atoms with Crippen molar-refractivity contribution in [2.45, 2.75) is 32.6 Å². The molecule has 0 bridgehead atoms. The summed E-state index contributed by atoms with van der Waals surface area (Å²) in [5.41, 5.74) is 1.41. The van der Waals surface area contributed by atoms with Gasteiger partial charge in [0, 0.05) is 43.9 Å². The second kappa shape index (κ2) is 9.81. The maximum atomic E-state index is 12.8. The van der Waals surface area contributed by atoms with Gasteiger partial charge in [0.2, 0.25) is 5.91 Å². The Hall–Kier alpha value is -3.09. The van der Waals surface area contributed by atoms with E-state index in [0.29, 0.717) is 23.6 Å². The zero-order chi connectivity index (χ0) is 21.6. The Morgan fingerprint density at radius 2 is 1.84 bits per heavy atom. The molecular formula is C24H30N4O3. The number of pyridine rings is 1. The van der Waals surface area contributed by atoms with E-state index in [-0.39, 0.29) is 17.7 Å². The van der Waals surface area contributed by atoms with Crippen molar-refractivity contribution in [2.24, 2.45) is 5.92 Å². The fraction of sp³-hybridized carbons (Fsp3) is 0.458. The molecule has 1 aromatic carbocycles. The summed E-state index contributed by atoms with van der Waals surface area (Å²) in [6.45, 7) is 5.62. The van der Waals surface area contributed by atoms with Gasteiger partial charge in [0.1, 0.15) is 11.6 Å². The second-order valence-electron chi connectivity index (χ2n) is 8.08. The van der Waals surface area contributed by atoms with Crippen LogP contribution in [0, 0.1) is 5.92 Å². The van der Waals surface area contributed by atoms with Crippen molar-refractivity contribution in [3.63, 3.8) is 0 Å². The third-order valence-electron chi connectivity index (χ3n) is 6.02. The molecule has 164 valence electrons. The molecule has 1 aromatic heterocycles. The van der Waals surface area contributed by atoms with Gasteiger partial charge in [-0.15, -0.1) is 0 Å². The highest BCUT2D eigenvalue weighted by atomic mass is 16.5. The van der Waals surface area contributed by atoms with E-state index in [1.54, 1.807) is 12.3 Å². The number of para-hydroxylation sites is 2. The summed E-state index contributed by atoms with van der Waals surface area (Å²) >= 11 is 0. The van der Waals surface area contributed by atoms with Crippen LogP contribution in [0.2, 0.25) is 0 Å². The van der Waals surface area contributed by atoms with Crippen LogP contribution in [0.1, 0.15) is 43.0 Å². The molecular weight excluding hydrogens is 392 g/mol. The van der Waals surface area contributed by atoms with E-state index < -0.39 is 0 Å². The summed E-state index contributed by atoms with van der Waals surface area (Å²) < 4.78 is 5.61. The number of aromatic nitrogens is 1. The monoisotopic (exact) mass is 422 g/mol. The van der Waals surface area contributed by atoms with Crippen molar-refractivity contribution in [3.8, 4) is 5.75 Å². The van der Waals surface area contributed by atoms with Gasteiger partial charge >= 0.3 is 0 Å². The van der Waals surface area contributed by atoms with E-state index in [2.05, 4.69) is 15.2 Å². The van der Waals surface area contributed by atoms with Crippen LogP contribution in [0.3, 0.4) is 0 Å². The maximum absolute atomic E-state index is 12.8. The molecule has 0 atom stereocenters. The Kier molecular flexibility index (Phi) is 6.70. The first-order valence-electron chi connectivity index (χ1n) is 11.2. The molecule has 2 aliphatic rings. The number of ether oxygens (including phenoxy) is 1. The van der Waals surface area contributed by atoms with Crippen LogP contribution in [-0.2, 0) is 4.79 Å². The molecule has 3 heterocycles. The van der Waals surface area contributed by atoms with Crippen LogP contribution in [0.4, 0.5) is 11.5 Å². The number of nitrogens with zero attached hydrogens (tertiary/aromatic N) is 3. The summed E-state index contributed by atoms with van der Waals surface area (Å²) in [6.07, 6.45) is 5.36. The zero-order valence-corrected chi connectivity index (χ0v) is 18.0. The number of carbonyl (C=O) groups excluding carboxylic acids is 2. The van der Waals surface area contributed by atoms with Crippen LogP contribution < -0.4 is 15.0 Å². The Bertz CT molecular complexity index is 919. The van der Waals surface area contributed by atoms with Crippen LogP contribution >= 0.6 is 0 Å². The highest BCUT2D eigenvalue weighted by molar-refractivity contribution is 5.95. The van der Waals surface area contributed by atoms with Gasteiger partial charge < -0.3 is 19.9 Å². The van der Waals surface area contributed by atoms with E-state index >= 15 is 0 Å². The molecule has 1 N–H and O–H groups in total. The molecule has 2 amide bonds. The molecule has 0 radical (unpaired) electrons. The molecule has 2 aromatic rings. The minimum absolute atomic E-state index is 0.0257. The zero-order valence-electron chi connectivity index (χ0n) is 18.0. The predicted molar refractivity (Wildman–Crippen MR) is 121 cm³/mol. The van der Waals surface area contributed by atoms with Crippen LogP contribution in [-0.4, -0.2) is 54.5 Å². The Morgan fingerprint density at radius 1 is 1.10 bits per heavy atom. The number of carbonyl (C=O) groups is 2. The Balaban J connectivity index is 1.35. The molecule has 2 fully saturated rings. The van der Waals surface area contributed by atoms with E-state index in [9.17, 15) is 9.59 Å². The minimum atomic E-state index is -0.0552. The lowest BCUT2D eigenvalue weighted by molar-refractivity contribution is -0.120. The number of anilines is 2. The highest BCUT2D eigenvalue weighted by Crippen LogP contribution is 2.27. The fourth-order valence-electron chi connectivity index (χ4n) is 4.28. The lowest BCUT2D eigenvalue weighted by atomic mass is 9.95. The van der Waals surface area contributed by atoms with Gasteiger partial charge in [-0.05, 0) is 56.9 Å². The smallest absolute Gasteiger partial charge is 0.254 e.